The van der Waals surface area contributed by atoms with E-state index in [4.69, 9.17) is 16.7 Å². The zero-order chi connectivity index (χ0) is 13.9. The Morgan fingerprint density at radius 2 is 2.00 bits per heavy atom. The van der Waals surface area contributed by atoms with Crippen LogP contribution in [0.5, 0.6) is 0 Å². The molecule has 1 rings (SSSR count). The first-order valence-electron chi connectivity index (χ1n) is 5.43. The predicted molar refractivity (Wildman–Crippen MR) is 64.5 cm³/mol. The summed E-state index contributed by atoms with van der Waals surface area (Å²) in [6.07, 6.45) is 0. The number of hydrogen-bond donors (Lipinski definition) is 2. The minimum atomic E-state index is -0.903. The fourth-order valence-corrected chi connectivity index (χ4v) is 1.52. The zero-order valence-corrected chi connectivity index (χ0v) is 10.8. The molecule has 0 saturated heterocycles. The van der Waals surface area contributed by atoms with Crippen molar-refractivity contribution in [1.82, 2.24) is 5.32 Å². The smallest absolute Gasteiger partial charge is 0.254 e. The summed E-state index contributed by atoms with van der Waals surface area (Å²) in [4.78, 5) is 11.7. The number of hydrogen-bond acceptors (Lipinski definition) is 2. The average Bonchev–Trinajstić information content (AvgIpc) is 2.29. The van der Waals surface area contributed by atoms with Gasteiger partial charge in [-0.25, -0.2) is 8.78 Å². The third-order valence-corrected chi connectivity index (χ3v) is 2.86. The van der Waals surface area contributed by atoms with Crippen molar-refractivity contribution < 1.29 is 18.7 Å². The highest BCUT2D eigenvalue weighted by Gasteiger charge is 2.20. The normalized spacial score (nSPS) is 12.6. The lowest BCUT2D eigenvalue weighted by molar-refractivity contribution is 0.0892. The summed E-state index contributed by atoms with van der Waals surface area (Å²) in [6.45, 7) is 3.31. The van der Waals surface area contributed by atoms with Gasteiger partial charge < -0.3 is 10.4 Å². The molecule has 1 aromatic rings. The molecule has 0 spiro atoms. The van der Waals surface area contributed by atoms with Gasteiger partial charge in [0.2, 0.25) is 0 Å². The third-order valence-electron chi connectivity index (χ3n) is 2.57. The highest BCUT2D eigenvalue weighted by atomic mass is 35.5. The van der Waals surface area contributed by atoms with Crippen LogP contribution in [0.15, 0.2) is 12.1 Å². The fourth-order valence-electron chi connectivity index (χ4n) is 1.37. The van der Waals surface area contributed by atoms with Gasteiger partial charge in [-0.2, -0.15) is 0 Å². The van der Waals surface area contributed by atoms with Crippen molar-refractivity contribution in [2.45, 2.75) is 19.9 Å². The molecule has 0 radical (unpaired) electrons. The van der Waals surface area contributed by atoms with Gasteiger partial charge in [0.1, 0.15) is 11.6 Å². The van der Waals surface area contributed by atoms with Crippen molar-refractivity contribution in [3.05, 3.63) is 34.4 Å². The lowest BCUT2D eigenvalue weighted by Crippen LogP contribution is -2.41. The number of halogens is 3. The van der Waals surface area contributed by atoms with Gasteiger partial charge >= 0.3 is 0 Å². The minimum absolute atomic E-state index is 0.0286. The van der Waals surface area contributed by atoms with E-state index in [1.807, 2.05) is 0 Å². The average molecular weight is 278 g/mol. The summed E-state index contributed by atoms with van der Waals surface area (Å²) < 4.78 is 26.6. The van der Waals surface area contributed by atoms with Crippen LogP contribution in [0.4, 0.5) is 8.78 Å². The number of carbonyl (C=O) groups is 1. The van der Waals surface area contributed by atoms with E-state index in [-0.39, 0.29) is 17.5 Å². The van der Waals surface area contributed by atoms with Gasteiger partial charge in [0.05, 0.1) is 23.2 Å². The summed E-state index contributed by atoms with van der Waals surface area (Å²) in [5, 5.41) is 11.1. The molecule has 0 saturated carbocycles. The molecular weight excluding hydrogens is 264 g/mol. The minimum Gasteiger partial charge on any atom is -0.394 e. The Hall–Kier alpha value is -1.20. The van der Waals surface area contributed by atoms with Crippen LogP contribution < -0.4 is 5.32 Å². The molecule has 0 aliphatic heterocycles. The number of nitrogens with one attached hydrogen (secondary N) is 1. The monoisotopic (exact) mass is 277 g/mol. The summed E-state index contributed by atoms with van der Waals surface area (Å²) in [7, 11) is 0. The molecule has 2 N–H and O–H groups in total. The van der Waals surface area contributed by atoms with Gasteiger partial charge in [-0.3, -0.25) is 4.79 Å². The lowest BCUT2D eigenvalue weighted by Gasteiger charge is -2.20. The number of amides is 1. The second-order valence-corrected chi connectivity index (χ2v) is 4.66. The van der Waals surface area contributed by atoms with Crippen LogP contribution in [0, 0.1) is 17.6 Å². The maximum atomic E-state index is 13.5. The molecular formula is C12H14ClF2NO2. The van der Waals surface area contributed by atoms with E-state index in [2.05, 4.69) is 5.32 Å². The van der Waals surface area contributed by atoms with Crippen molar-refractivity contribution in [2.24, 2.45) is 5.92 Å². The van der Waals surface area contributed by atoms with Crippen LogP contribution in [-0.4, -0.2) is 23.7 Å². The fraction of sp³-hybridized carbons (Fsp3) is 0.417. The van der Waals surface area contributed by atoms with E-state index in [1.165, 1.54) is 0 Å². The van der Waals surface area contributed by atoms with Crippen LogP contribution in [0.25, 0.3) is 0 Å². The molecule has 0 aliphatic rings. The Labute approximate surface area is 109 Å². The summed E-state index contributed by atoms with van der Waals surface area (Å²) in [6, 6.07) is 0.965. The molecule has 0 fully saturated rings. The lowest BCUT2D eigenvalue weighted by atomic mass is 10.0. The second-order valence-electron chi connectivity index (χ2n) is 4.25. The highest BCUT2D eigenvalue weighted by Crippen LogP contribution is 2.19. The van der Waals surface area contributed by atoms with Gasteiger partial charge in [-0.1, -0.05) is 25.4 Å². The van der Waals surface area contributed by atoms with E-state index in [1.54, 1.807) is 13.8 Å². The van der Waals surface area contributed by atoms with E-state index >= 15 is 0 Å². The number of carbonyl (C=O) groups excluding carboxylic acids is 1. The Morgan fingerprint density at radius 1 is 1.39 bits per heavy atom. The van der Waals surface area contributed by atoms with Crippen LogP contribution in [0.3, 0.4) is 0 Å². The molecule has 0 bridgehead atoms. The first-order chi connectivity index (χ1) is 8.36. The Balaban J connectivity index is 2.94. The SMILES string of the molecule is CC(C)C(CO)NC(=O)c1cc(F)c(Cl)cc1F. The molecule has 1 aromatic carbocycles. The molecule has 6 heteroatoms. The van der Waals surface area contributed by atoms with Crippen LogP contribution in [0.2, 0.25) is 5.02 Å². The summed E-state index contributed by atoms with van der Waals surface area (Å²) in [5.74, 6) is -2.58. The number of aliphatic hydroxyl groups excluding tert-OH is 1. The Bertz CT molecular complexity index is 452. The maximum Gasteiger partial charge on any atom is 0.254 e. The largest absolute Gasteiger partial charge is 0.394 e. The van der Waals surface area contributed by atoms with Gasteiger partial charge in [0.25, 0.3) is 5.91 Å². The van der Waals surface area contributed by atoms with Gasteiger partial charge in [0.15, 0.2) is 0 Å². The number of rotatable bonds is 4. The standard InChI is InChI=1S/C12H14ClF2NO2/c1-6(2)11(5-17)16-12(18)7-3-10(15)8(13)4-9(7)14/h3-4,6,11,17H,5H2,1-2H3,(H,16,18). The predicted octanol–water partition coefficient (Wildman–Crippen LogP) is 2.36. The molecule has 1 amide bonds. The van der Waals surface area contributed by atoms with Gasteiger partial charge in [-0.05, 0) is 18.1 Å². The Kier molecular flexibility index (Phi) is 5.04. The van der Waals surface area contributed by atoms with Crippen LogP contribution in [0.1, 0.15) is 24.2 Å². The third kappa shape index (κ3) is 3.40. The molecule has 0 aliphatic carbocycles. The number of benzene rings is 1. The van der Waals surface area contributed by atoms with E-state index in [0.717, 1.165) is 12.1 Å². The van der Waals surface area contributed by atoms with Gasteiger partial charge in [0, 0.05) is 0 Å². The maximum absolute atomic E-state index is 13.5. The van der Waals surface area contributed by atoms with Crippen LogP contribution >= 0.6 is 11.6 Å². The molecule has 0 heterocycles. The first-order valence-corrected chi connectivity index (χ1v) is 5.80. The van der Waals surface area contributed by atoms with Gasteiger partial charge in [-0.15, -0.1) is 0 Å². The van der Waals surface area contributed by atoms with Crippen molar-refractivity contribution in [2.75, 3.05) is 6.61 Å². The van der Waals surface area contributed by atoms with E-state index < -0.39 is 29.1 Å². The topological polar surface area (TPSA) is 49.3 Å². The van der Waals surface area contributed by atoms with E-state index in [0.29, 0.717) is 0 Å². The molecule has 1 unspecified atom stereocenters. The zero-order valence-electron chi connectivity index (χ0n) is 10.0. The van der Waals surface area contributed by atoms with Crippen molar-refractivity contribution in [1.29, 1.82) is 0 Å². The second kappa shape index (κ2) is 6.11. The summed E-state index contributed by atoms with van der Waals surface area (Å²) in [5.41, 5.74) is -0.434. The Morgan fingerprint density at radius 3 is 2.50 bits per heavy atom. The summed E-state index contributed by atoms with van der Waals surface area (Å²) >= 11 is 5.39. The van der Waals surface area contributed by atoms with Crippen LogP contribution in [-0.2, 0) is 0 Å². The quantitative estimate of drug-likeness (QED) is 0.830. The molecule has 0 aromatic heterocycles. The molecule has 18 heavy (non-hydrogen) atoms. The van der Waals surface area contributed by atoms with Crippen molar-refractivity contribution in [3.8, 4) is 0 Å². The van der Waals surface area contributed by atoms with Crippen molar-refractivity contribution >= 4 is 17.5 Å². The molecule has 1 atom stereocenters. The highest BCUT2D eigenvalue weighted by molar-refractivity contribution is 6.30. The number of aliphatic hydroxyl groups is 1. The van der Waals surface area contributed by atoms with Crippen molar-refractivity contribution in [3.63, 3.8) is 0 Å². The molecule has 100 valence electrons. The molecule has 3 nitrogen and oxygen atoms in total. The first kappa shape index (κ1) is 14.9. The van der Waals surface area contributed by atoms with E-state index in [9.17, 15) is 13.6 Å².